The minimum atomic E-state index is -0.882. The van der Waals surface area contributed by atoms with Gasteiger partial charge in [-0.3, -0.25) is 14.4 Å². The first-order chi connectivity index (χ1) is 16.9. The molecule has 0 saturated heterocycles. The fourth-order valence-corrected chi connectivity index (χ4v) is 9.47. The normalized spacial score (nSPS) is 44.4. The van der Waals surface area contributed by atoms with Gasteiger partial charge in [0.15, 0.2) is 0 Å². The Morgan fingerprint density at radius 3 is 2.31 bits per heavy atom. The lowest BCUT2D eigenvalue weighted by Crippen LogP contribution is -2.65. The molecule has 0 unspecified atom stereocenters. The molecule has 204 valence electrons. The van der Waals surface area contributed by atoms with Gasteiger partial charge in [0, 0.05) is 32.1 Å². The summed E-state index contributed by atoms with van der Waals surface area (Å²) < 4.78 is 16.5. The third kappa shape index (κ3) is 4.48. The van der Waals surface area contributed by atoms with Crippen molar-refractivity contribution in [2.24, 2.45) is 40.4 Å². The van der Waals surface area contributed by atoms with Crippen LogP contribution in [0.2, 0.25) is 0 Å². The van der Waals surface area contributed by atoms with Crippen molar-refractivity contribution in [1.29, 1.82) is 0 Å². The predicted molar refractivity (Wildman–Crippen MR) is 134 cm³/mol. The van der Waals surface area contributed by atoms with Crippen molar-refractivity contribution in [3.63, 3.8) is 0 Å². The second-order valence-electron chi connectivity index (χ2n) is 12.8. The number of carbonyl (C=O) groups is 3. The smallest absolute Gasteiger partial charge is 0.305 e. The van der Waals surface area contributed by atoms with Crippen LogP contribution < -0.4 is 0 Å². The Labute approximate surface area is 216 Å². The van der Waals surface area contributed by atoms with E-state index in [9.17, 15) is 19.5 Å². The van der Waals surface area contributed by atoms with E-state index in [1.54, 1.807) is 0 Å². The number of esters is 3. The van der Waals surface area contributed by atoms with E-state index in [-0.39, 0.29) is 46.9 Å². The summed E-state index contributed by atoms with van der Waals surface area (Å²) >= 11 is 0. The lowest BCUT2D eigenvalue weighted by atomic mass is 9.42. The maximum absolute atomic E-state index is 12.3. The van der Waals surface area contributed by atoms with E-state index in [1.807, 2.05) is 0 Å². The molecule has 4 fully saturated rings. The van der Waals surface area contributed by atoms with Gasteiger partial charge < -0.3 is 19.3 Å². The monoisotopic (exact) mass is 506 g/mol. The number of ether oxygens (including phenoxy) is 3. The number of carbonyl (C=O) groups excluding carboxylic acids is 3. The Morgan fingerprint density at radius 1 is 0.972 bits per heavy atom. The number of hydrogen-bond donors (Lipinski definition) is 1. The van der Waals surface area contributed by atoms with Crippen LogP contribution in [0, 0.1) is 40.4 Å². The number of fused-ring (bicyclic) bond motifs is 5. The van der Waals surface area contributed by atoms with Crippen LogP contribution in [0.15, 0.2) is 0 Å². The third-order valence-electron chi connectivity index (χ3n) is 11.3. The third-order valence-corrected chi connectivity index (χ3v) is 11.3. The fraction of sp³-hybridized carbons (Fsp3) is 0.897. The fourth-order valence-electron chi connectivity index (χ4n) is 9.47. The predicted octanol–water partition coefficient (Wildman–Crippen LogP) is 4.82. The topological polar surface area (TPSA) is 99.1 Å². The second-order valence-corrected chi connectivity index (χ2v) is 12.8. The first-order valence-electron chi connectivity index (χ1n) is 14.0. The molecule has 7 heteroatoms. The highest BCUT2D eigenvalue weighted by Crippen LogP contribution is 2.69. The highest BCUT2D eigenvalue weighted by Gasteiger charge is 2.68. The molecular formula is C29H46O7. The van der Waals surface area contributed by atoms with Crippen molar-refractivity contribution in [3.05, 3.63) is 0 Å². The summed E-state index contributed by atoms with van der Waals surface area (Å²) in [7, 11) is 1.43. The van der Waals surface area contributed by atoms with Crippen molar-refractivity contribution in [3.8, 4) is 0 Å². The standard InChI is InChI=1S/C29H46O7/c1-17(7-10-26(32)34-6)22-8-9-23-21-12-14-29(33)16-20(35-18(2)30)11-13-27(29,4)24(21)15-25(28(22,23)5)36-19(3)31/h17,20-25,33H,7-16H2,1-6H3/t17-,20-,21+,22-,23+,24+,25+,27-,28-,29+/m1/s1. The van der Waals surface area contributed by atoms with Crippen LogP contribution in [-0.4, -0.2) is 47.9 Å². The SMILES string of the molecule is COC(=O)CC[C@@H](C)[C@H]1CC[C@H]2[C@@H]3CC[C@]4(O)C[C@H](OC(C)=O)CC[C@]4(C)[C@H]3C[C@H](OC(C)=O)[C@]12C. The van der Waals surface area contributed by atoms with Crippen molar-refractivity contribution in [2.75, 3.05) is 7.11 Å². The van der Waals surface area contributed by atoms with Gasteiger partial charge in [-0.05, 0) is 86.4 Å². The number of rotatable bonds is 6. The average Bonchev–Trinajstić information content (AvgIpc) is 3.16. The molecule has 0 aromatic carbocycles. The van der Waals surface area contributed by atoms with Gasteiger partial charge in [-0.1, -0.05) is 20.8 Å². The maximum atomic E-state index is 12.3. The van der Waals surface area contributed by atoms with Crippen LogP contribution in [0.4, 0.5) is 0 Å². The molecule has 0 spiro atoms. The quantitative estimate of drug-likeness (QED) is 0.407. The van der Waals surface area contributed by atoms with Gasteiger partial charge in [0.05, 0.1) is 12.7 Å². The minimum Gasteiger partial charge on any atom is -0.469 e. The summed E-state index contributed by atoms with van der Waals surface area (Å²) in [6.45, 7) is 9.72. The van der Waals surface area contributed by atoms with Gasteiger partial charge in [0.2, 0.25) is 0 Å². The van der Waals surface area contributed by atoms with Gasteiger partial charge in [0.1, 0.15) is 12.2 Å². The molecule has 4 aliphatic carbocycles. The van der Waals surface area contributed by atoms with E-state index in [1.165, 1.54) is 21.0 Å². The van der Waals surface area contributed by atoms with E-state index < -0.39 is 5.60 Å². The summed E-state index contributed by atoms with van der Waals surface area (Å²) in [5.74, 6) is 1.11. The Kier molecular flexibility index (Phi) is 7.55. The summed E-state index contributed by atoms with van der Waals surface area (Å²) in [5.41, 5.74) is -1.34. The molecular weight excluding hydrogens is 460 g/mol. The molecule has 0 heterocycles. The van der Waals surface area contributed by atoms with E-state index >= 15 is 0 Å². The van der Waals surface area contributed by atoms with Gasteiger partial charge in [-0.25, -0.2) is 0 Å². The van der Waals surface area contributed by atoms with Crippen LogP contribution in [0.25, 0.3) is 0 Å². The molecule has 10 atom stereocenters. The van der Waals surface area contributed by atoms with Gasteiger partial charge in [0.25, 0.3) is 0 Å². The molecule has 1 N–H and O–H groups in total. The van der Waals surface area contributed by atoms with Crippen LogP contribution in [0.1, 0.15) is 98.8 Å². The maximum Gasteiger partial charge on any atom is 0.305 e. The molecule has 36 heavy (non-hydrogen) atoms. The van der Waals surface area contributed by atoms with Gasteiger partial charge in [-0.2, -0.15) is 0 Å². The highest BCUT2D eigenvalue weighted by molar-refractivity contribution is 5.69. The zero-order valence-corrected chi connectivity index (χ0v) is 23.0. The van der Waals surface area contributed by atoms with E-state index in [4.69, 9.17) is 14.2 Å². The van der Waals surface area contributed by atoms with Gasteiger partial charge in [-0.15, -0.1) is 0 Å². The molecule has 0 aromatic heterocycles. The van der Waals surface area contributed by atoms with Crippen molar-refractivity contribution < 1.29 is 33.7 Å². The van der Waals surface area contributed by atoms with Crippen molar-refractivity contribution in [1.82, 2.24) is 0 Å². The first-order valence-corrected chi connectivity index (χ1v) is 14.0. The summed E-state index contributed by atoms with van der Waals surface area (Å²) in [6, 6.07) is 0. The molecule has 0 aromatic rings. The van der Waals surface area contributed by atoms with Gasteiger partial charge >= 0.3 is 17.9 Å². The van der Waals surface area contributed by atoms with E-state index in [0.29, 0.717) is 36.5 Å². The zero-order chi connectivity index (χ0) is 26.5. The summed E-state index contributed by atoms with van der Waals surface area (Å²) in [5, 5.41) is 12.0. The molecule has 7 nitrogen and oxygen atoms in total. The Morgan fingerprint density at radius 2 is 1.67 bits per heavy atom. The lowest BCUT2D eigenvalue weighted by molar-refractivity contribution is -0.242. The Hall–Kier alpha value is -1.63. The number of hydrogen-bond acceptors (Lipinski definition) is 7. The lowest BCUT2D eigenvalue weighted by Gasteiger charge is -2.65. The number of aliphatic hydroxyl groups is 1. The molecule has 4 rings (SSSR count). The van der Waals surface area contributed by atoms with Crippen LogP contribution >= 0.6 is 0 Å². The second kappa shape index (κ2) is 9.92. The molecule has 0 aliphatic heterocycles. The highest BCUT2D eigenvalue weighted by atomic mass is 16.5. The van der Waals surface area contributed by atoms with Crippen LogP contribution in [0.3, 0.4) is 0 Å². The molecule has 0 bridgehead atoms. The van der Waals surface area contributed by atoms with Crippen molar-refractivity contribution >= 4 is 17.9 Å². The van der Waals surface area contributed by atoms with Crippen LogP contribution in [-0.2, 0) is 28.6 Å². The molecule has 4 saturated carbocycles. The summed E-state index contributed by atoms with van der Waals surface area (Å²) in [6.07, 6.45) is 7.37. The number of methoxy groups -OCH3 is 1. The van der Waals surface area contributed by atoms with E-state index in [0.717, 1.165) is 51.4 Å². The van der Waals surface area contributed by atoms with E-state index in [2.05, 4.69) is 20.8 Å². The van der Waals surface area contributed by atoms with Crippen LogP contribution in [0.5, 0.6) is 0 Å². The molecule has 0 amide bonds. The average molecular weight is 507 g/mol. The summed E-state index contributed by atoms with van der Waals surface area (Å²) in [4.78, 5) is 35.8. The zero-order valence-electron chi connectivity index (χ0n) is 23.0. The van der Waals surface area contributed by atoms with Crippen molar-refractivity contribution in [2.45, 2.75) is 117 Å². The Bertz CT molecular complexity index is 872. The largest absolute Gasteiger partial charge is 0.469 e. The molecule has 4 aliphatic rings. The Balaban J connectivity index is 1.62. The minimum absolute atomic E-state index is 0.150. The molecule has 0 radical (unpaired) electrons. The first kappa shape index (κ1) is 27.4.